The zero-order valence-electron chi connectivity index (χ0n) is 9.00. The average Bonchev–Trinajstić information content (AvgIpc) is 2.16. The second kappa shape index (κ2) is 5.38. The Morgan fingerprint density at radius 1 is 1.29 bits per heavy atom. The smallest absolute Gasteiger partial charge is 0.0611 e. The zero-order chi connectivity index (χ0) is 9.80. The van der Waals surface area contributed by atoms with E-state index >= 15 is 0 Å². The molecule has 1 heterocycles. The number of hydrogen-bond acceptors (Lipinski definition) is 3. The van der Waals surface area contributed by atoms with E-state index in [0.717, 1.165) is 12.0 Å². The van der Waals surface area contributed by atoms with E-state index in [0.29, 0.717) is 6.10 Å². The molecule has 0 bridgehead atoms. The lowest BCUT2D eigenvalue weighted by atomic mass is 9.86. The highest BCUT2D eigenvalue weighted by Gasteiger charge is 2.26. The van der Waals surface area contributed by atoms with Gasteiger partial charge in [0.25, 0.3) is 0 Å². The Morgan fingerprint density at radius 3 is 2.71 bits per heavy atom. The van der Waals surface area contributed by atoms with Crippen LogP contribution in [0.5, 0.6) is 0 Å². The van der Waals surface area contributed by atoms with Gasteiger partial charge in [0.05, 0.1) is 6.10 Å². The molecular weight excluding hydrogens is 194 g/mol. The Kier molecular flexibility index (Phi) is 4.14. The molecule has 1 saturated heterocycles. The van der Waals surface area contributed by atoms with Gasteiger partial charge in [0.2, 0.25) is 0 Å². The molecule has 2 rings (SSSR count). The molecule has 2 atom stereocenters. The van der Waals surface area contributed by atoms with Crippen molar-refractivity contribution in [1.29, 1.82) is 0 Å². The van der Waals surface area contributed by atoms with E-state index in [1.807, 2.05) is 18.9 Å². The SMILES string of the molecule is COC1CCCCC1CNC1CSC1. The number of nitrogens with one attached hydrogen (secondary N) is 1. The third-order valence-corrected chi connectivity index (χ3v) is 4.73. The molecule has 1 saturated carbocycles. The summed E-state index contributed by atoms with van der Waals surface area (Å²) >= 11 is 2.04. The Labute approximate surface area is 91.2 Å². The minimum absolute atomic E-state index is 0.518. The molecule has 0 spiro atoms. The van der Waals surface area contributed by atoms with E-state index < -0.39 is 0 Å². The normalized spacial score (nSPS) is 34.1. The molecule has 0 aromatic heterocycles. The number of rotatable bonds is 4. The van der Waals surface area contributed by atoms with Crippen LogP contribution >= 0.6 is 11.8 Å². The van der Waals surface area contributed by atoms with E-state index in [2.05, 4.69) is 5.32 Å². The third-order valence-electron chi connectivity index (χ3n) is 3.45. The van der Waals surface area contributed by atoms with Gasteiger partial charge in [-0.25, -0.2) is 0 Å². The van der Waals surface area contributed by atoms with Crippen molar-refractivity contribution in [3.8, 4) is 0 Å². The predicted molar refractivity (Wildman–Crippen MR) is 61.9 cm³/mol. The molecule has 2 nitrogen and oxygen atoms in total. The van der Waals surface area contributed by atoms with E-state index in [-0.39, 0.29) is 0 Å². The summed E-state index contributed by atoms with van der Waals surface area (Å²) in [6.07, 6.45) is 5.89. The molecule has 1 aliphatic heterocycles. The van der Waals surface area contributed by atoms with Crippen LogP contribution in [0.15, 0.2) is 0 Å². The summed E-state index contributed by atoms with van der Waals surface area (Å²) in [5.74, 6) is 3.38. The maximum atomic E-state index is 5.54. The summed E-state index contributed by atoms with van der Waals surface area (Å²) < 4.78 is 5.54. The second-order valence-electron chi connectivity index (χ2n) is 4.46. The number of methoxy groups -OCH3 is 1. The summed E-state index contributed by atoms with van der Waals surface area (Å²) in [6, 6.07) is 0.791. The van der Waals surface area contributed by atoms with Crippen LogP contribution in [0.4, 0.5) is 0 Å². The lowest BCUT2D eigenvalue weighted by Crippen LogP contribution is -2.45. The van der Waals surface area contributed by atoms with Crippen molar-refractivity contribution >= 4 is 11.8 Å². The van der Waals surface area contributed by atoms with Gasteiger partial charge >= 0.3 is 0 Å². The number of ether oxygens (including phenoxy) is 1. The van der Waals surface area contributed by atoms with Gasteiger partial charge in [-0.1, -0.05) is 12.8 Å². The first-order chi connectivity index (χ1) is 6.90. The van der Waals surface area contributed by atoms with Crippen molar-refractivity contribution in [3.05, 3.63) is 0 Å². The van der Waals surface area contributed by atoms with E-state index in [4.69, 9.17) is 4.74 Å². The highest BCUT2D eigenvalue weighted by atomic mass is 32.2. The van der Waals surface area contributed by atoms with Crippen molar-refractivity contribution < 1.29 is 4.74 Å². The molecule has 1 aliphatic carbocycles. The summed E-state index contributed by atoms with van der Waals surface area (Å²) in [5, 5.41) is 3.65. The largest absolute Gasteiger partial charge is 0.381 e. The second-order valence-corrected chi connectivity index (χ2v) is 5.54. The molecule has 14 heavy (non-hydrogen) atoms. The van der Waals surface area contributed by atoms with Crippen LogP contribution in [0.1, 0.15) is 25.7 Å². The standard InChI is InChI=1S/C11H21NOS/c1-13-11-5-3-2-4-9(11)6-12-10-7-14-8-10/h9-12H,2-8H2,1H3. The van der Waals surface area contributed by atoms with Crippen LogP contribution in [-0.2, 0) is 4.74 Å². The molecule has 3 heteroatoms. The first-order valence-electron chi connectivity index (χ1n) is 5.74. The Bertz CT molecular complexity index is 173. The van der Waals surface area contributed by atoms with Crippen LogP contribution in [0.2, 0.25) is 0 Å². The molecule has 2 unspecified atom stereocenters. The van der Waals surface area contributed by atoms with Crippen molar-refractivity contribution in [2.75, 3.05) is 25.2 Å². The van der Waals surface area contributed by atoms with Gasteiger partial charge in [0, 0.05) is 31.2 Å². The lowest BCUT2D eigenvalue weighted by Gasteiger charge is -2.34. The molecule has 0 aromatic rings. The van der Waals surface area contributed by atoms with Crippen LogP contribution in [0, 0.1) is 5.92 Å². The highest BCUT2D eigenvalue weighted by molar-refractivity contribution is 8.00. The third kappa shape index (κ3) is 2.65. The van der Waals surface area contributed by atoms with Gasteiger partial charge in [-0.05, 0) is 18.8 Å². The maximum absolute atomic E-state index is 5.54. The van der Waals surface area contributed by atoms with Gasteiger partial charge in [-0.2, -0.15) is 11.8 Å². The van der Waals surface area contributed by atoms with Crippen LogP contribution in [-0.4, -0.2) is 37.3 Å². The first-order valence-corrected chi connectivity index (χ1v) is 6.89. The zero-order valence-corrected chi connectivity index (χ0v) is 9.81. The van der Waals surface area contributed by atoms with Gasteiger partial charge < -0.3 is 10.1 Å². The monoisotopic (exact) mass is 215 g/mol. The van der Waals surface area contributed by atoms with Crippen molar-refractivity contribution in [2.24, 2.45) is 5.92 Å². The van der Waals surface area contributed by atoms with E-state index in [9.17, 15) is 0 Å². The summed E-state index contributed by atoms with van der Waals surface area (Å²) in [7, 11) is 1.86. The molecule has 0 amide bonds. The molecule has 2 aliphatic rings. The summed E-state index contributed by atoms with van der Waals surface area (Å²) in [4.78, 5) is 0. The number of thioether (sulfide) groups is 1. The Hall–Kier alpha value is 0.270. The quantitative estimate of drug-likeness (QED) is 0.774. The van der Waals surface area contributed by atoms with Crippen molar-refractivity contribution in [2.45, 2.75) is 37.8 Å². The average molecular weight is 215 g/mol. The van der Waals surface area contributed by atoms with E-state index in [1.54, 1.807) is 0 Å². The Balaban J connectivity index is 1.70. The van der Waals surface area contributed by atoms with Gasteiger partial charge in [-0.3, -0.25) is 0 Å². The molecule has 0 aromatic carbocycles. The first kappa shape index (κ1) is 10.8. The fourth-order valence-corrected chi connectivity index (χ4v) is 3.10. The molecule has 82 valence electrons. The number of hydrogen-bond donors (Lipinski definition) is 1. The lowest BCUT2D eigenvalue weighted by molar-refractivity contribution is 0.0233. The minimum atomic E-state index is 0.518. The minimum Gasteiger partial charge on any atom is -0.381 e. The van der Waals surface area contributed by atoms with Crippen LogP contribution < -0.4 is 5.32 Å². The predicted octanol–water partition coefficient (Wildman–Crippen LogP) is 1.90. The van der Waals surface area contributed by atoms with Gasteiger partial charge in [-0.15, -0.1) is 0 Å². The van der Waals surface area contributed by atoms with Crippen molar-refractivity contribution in [3.63, 3.8) is 0 Å². The van der Waals surface area contributed by atoms with Crippen LogP contribution in [0.3, 0.4) is 0 Å². The van der Waals surface area contributed by atoms with Crippen LogP contribution in [0.25, 0.3) is 0 Å². The molecule has 1 N–H and O–H groups in total. The van der Waals surface area contributed by atoms with Gasteiger partial charge in [0.15, 0.2) is 0 Å². The maximum Gasteiger partial charge on any atom is 0.0611 e. The summed E-state index contributed by atoms with van der Waals surface area (Å²) in [6.45, 7) is 1.17. The highest BCUT2D eigenvalue weighted by Crippen LogP contribution is 2.26. The van der Waals surface area contributed by atoms with Crippen molar-refractivity contribution in [1.82, 2.24) is 5.32 Å². The molecule has 2 fully saturated rings. The fraction of sp³-hybridized carbons (Fsp3) is 1.00. The molecular formula is C11H21NOS. The summed E-state index contributed by atoms with van der Waals surface area (Å²) in [5.41, 5.74) is 0. The molecule has 0 radical (unpaired) electrons. The van der Waals surface area contributed by atoms with E-state index in [1.165, 1.54) is 43.7 Å². The Morgan fingerprint density at radius 2 is 2.07 bits per heavy atom. The van der Waals surface area contributed by atoms with Gasteiger partial charge in [0.1, 0.15) is 0 Å². The fourth-order valence-electron chi connectivity index (χ4n) is 2.39. The topological polar surface area (TPSA) is 21.3 Å².